The second-order valence-corrected chi connectivity index (χ2v) is 6.70. The Hall–Kier alpha value is -0.670. The lowest BCUT2D eigenvalue weighted by molar-refractivity contribution is -0.121. The first-order valence-corrected chi connectivity index (χ1v) is 7.89. The number of hydrogen-bond acceptors (Lipinski definition) is 2. The van der Waals surface area contributed by atoms with Gasteiger partial charge in [0.05, 0.1) is 0 Å². The van der Waals surface area contributed by atoms with Crippen LogP contribution in [0.4, 0.5) is 0 Å². The number of nitrogens with two attached hydrogens (primary N) is 1. The smallest absolute Gasteiger partial charge is 0.137 e. The zero-order chi connectivity index (χ0) is 13.7. The minimum Gasteiger partial charge on any atom is -0.330 e. The average molecular weight is 324 g/mol. The van der Waals surface area contributed by atoms with E-state index < -0.39 is 0 Å². The fourth-order valence-corrected chi connectivity index (χ4v) is 3.56. The molecule has 0 heterocycles. The lowest BCUT2D eigenvalue weighted by Crippen LogP contribution is -2.35. The molecule has 1 saturated carbocycles. The minimum atomic E-state index is 0.0847. The quantitative estimate of drug-likeness (QED) is 0.894. The number of ketones is 1. The minimum absolute atomic E-state index is 0.0847. The molecule has 1 fully saturated rings. The molecule has 0 radical (unpaired) electrons. The third-order valence-electron chi connectivity index (χ3n) is 4.21. The van der Waals surface area contributed by atoms with E-state index in [9.17, 15) is 4.79 Å². The van der Waals surface area contributed by atoms with Gasteiger partial charge in [-0.2, -0.15) is 0 Å². The van der Waals surface area contributed by atoms with Gasteiger partial charge in [0.25, 0.3) is 0 Å². The Labute approximate surface area is 123 Å². The van der Waals surface area contributed by atoms with Crippen LogP contribution in [0.1, 0.15) is 44.1 Å². The van der Waals surface area contributed by atoms with Crippen molar-refractivity contribution in [2.75, 3.05) is 6.54 Å². The van der Waals surface area contributed by atoms with E-state index in [1.807, 2.05) is 24.3 Å². The number of rotatable bonds is 5. The van der Waals surface area contributed by atoms with E-state index in [1.165, 1.54) is 19.3 Å². The zero-order valence-corrected chi connectivity index (χ0v) is 12.9. The summed E-state index contributed by atoms with van der Waals surface area (Å²) in [6.45, 7) is 0.650. The van der Waals surface area contributed by atoms with Gasteiger partial charge in [-0.05, 0) is 42.5 Å². The highest BCUT2D eigenvalue weighted by Crippen LogP contribution is 2.38. The lowest BCUT2D eigenvalue weighted by Gasteiger charge is -2.35. The van der Waals surface area contributed by atoms with Crippen molar-refractivity contribution in [3.8, 4) is 0 Å². The molecular weight excluding hydrogens is 302 g/mol. The maximum atomic E-state index is 12.3. The third kappa shape index (κ3) is 4.15. The van der Waals surface area contributed by atoms with E-state index in [1.54, 1.807) is 0 Å². The van der Waals surface area contributed by atoms with Crippen LogP contribution in [0.25, 0.3) is 0 Å². The van der Waals surface area contributed by atoms with Gasteiger partial charge < -0.3 is 5.73 Å². The molecule has 104 valence electrons. The molecule has 0 unspecified atom stereocenters. The van der Waals surface area contributed by atoms with Crippen molar-refractivity contribution >= 4 is 21.7 Å². The molecule has 1 aliphatic rings. The van der Waals surface area contributed by atoms with Crippen molar-refractivity contribution in [1.82, 2.24) is 0 Å². The molecule has 0 amide bonds. The first-order chi connectivity index (χ1) is 9.13. The largest absolute Gasteiger partial charge is 0.330 e. The van der Waals surface area contributed by atoms with E-state index in [0.717, 1.165) is 22.9 Å². The molecule has 0 saturated heterocycles. The number of carbonyl (C=O) groups excluding carboxylic acids is 1. The first-order valence-electron chi connectivity index (χ1n) is 7.10. The number of Topliss-reactive ketones (excluding diaryl/α,β-unsaturated/α-hetero) is 1. The van der Waals surface area contributed by atoms with Gasteiger partial charge in [-0.1, -0.05) is 47.3 Å². The zero-order valence-electron chi connectivity index (χ0n) is 11.3. The van der Waals surface area contributed by atoms with Crippen LogP contribution < -0.4 is 5.73 Å². The highest BCUT2D eigenvalue weighted by molar-refractivity contribution is 9.10. The van der Waals surface area contributed by atoms with Crippen molar-refractivity contribution in [3.05, 3.63) is 34.3 Å². The van der Waals surface area contributed by atoms with Crippen molar-refractivity contribution < 1.29 is 4.79 Å². The van der Waals surface area contributed by atoms with Crippen LogP contribution in [-0.4, -0.2) is 12.3 Å². The Morgan fingerprint density at radius 2 is 2.00 bits per heavy atom. The van der Waals surface area contributed by atoms with Gasteiger partial charge >= 0.3 is 0 Å². The Bertz CT molecular complexity index is 438. The number of benzene rings is 1. The van der Waals surface area contributed by atoms with Crippen LogP contribution in [-0.2, 0) is 11.2 Å². The molecule has 19 heavy (non-hydrogen) atoms. The van der Waals surface area contributed by atoms with Gasteiger partial charge in [-0.15, -0.1) is 0 Å². The predicted octanol–water partition coefficient (Wildman–Crippen LogP) is 3.86. The number of hydrogen-bond donors (Lipinski definition) is 1. The topological polar surface area (TPSA) is 43.1 Å². The van der Waals surface area contributed by atoms with Gasteiger partial charge in [-0.25, -0.2) is 0 Å². The van der Waals surface area contributed by atoms with Gasteiger partial charge in [0.2, 0.25) is 0 Å². The maximum absolute atomic E-state index is 12.3. The Kier molecular flexibility index (Phi) is 5.17. The van der Waals surface area contributed by atoms with E-state index in [2.05, 4.69) is 15.9 Å². The highest BCUT2D eigenvalue weighted by Gasteiger charge is 2.32. The molecule has 0 aromatic heterocycles. The Morgan fingerprint density at radius 1 is 1.26 bits per heavy atom. The summed E-state index contributed by atoms with van der Waals surface area (Å²) in [5, 5.41) is 0. The molecule has 3 heteroatoms. The van der Waals surface area contributed by atoms with Crippen LogP contribution in [0.15, 0.2) is 28.7 Å². The molecule has 2 nitrogen and oxygen atoms in total. The summed E-state index contributed by atoms with van der Waals surface area (Å²) in [4.78, 5) is 12.3. The molecule has 2 rings (SSSR count). The third-order valence-corrected chi connectivity index (χ3v) is 4.70. The molecule has 0 atom stereocenters. The second-order valence-electron chi connectivity index (χ2n) is 5.79. The fraction of sp³-hybridized carbons (Fsp3) is 0.562. The van der Waals surface area contributed by atoms with Gasteiger partial charge in [-0.3, -0.25) is 4.79 Å². The van der Waals surface area contributed by atoms with Crippen LogP contribution in [0.3, 0.4) is 0 Å². The normalized spacial score (nSPS) is 18.2. The summed E-state index contributed by atoms with van der Waals surface area (Å²) in [7, 11) is 0. The van der Waals surface area contributed by atoms with Gasteiger partial charge in [0.15, 0.2) is 0 Å². The van der Waals surface area contributed by atoms with Gasteiger partial charge in [0.1, 0.15) is 5.78 Å². The van der Waals surface area contributed by atoms with E-state index in [0.29, 0.717) is 25.2 Å². The maximum Gasteiger partial charge on any atom is 0.137 e. The van der Waals surface area contributed by atoms with E-state index >= 15 is 0 Å². The van der Waals surface area contributed by atoms with Crippen LogP contribution >= 0.6 is 15.9 Å². The summed E-state index contributed by atoms with van der Waals surface area (Å²) < 4.78 is 1.03. The van der Waals surface area contributed by atoms with Crippen molar-refractivity contribution in [2.24, 2.45) is 11.1 Å². The standard InChI is InChI=1S/C16H22BrNO/c17-14-6-4-5-13(9-14)10-15(19)11-16(12-18)7-2-1-3-8-16/h4-6,9H,1-3,7-8,10-12,18H2. The van der Waals surface area contributed by atoms with Crippen LogP contribution in [0.2, 0.25) is 0 Å². The molecule has 1 aliphatic carbocycles. The van der Waals surface area contributed by atoms with E-state index in [4.69, 9.17) is 5.73 Å². The fourth-order valence-electron chi connectivity index (χ4n) is 3.11. The highest BCUT2D eigenvalue weighted by atomic mass is 79.9. The molecule has 1 aromatic carbocycles. The lowest BCUT2D eigenvalue weighted by atomic mass is 9.70. The number of carbonyl (C=O) groups is 1. The molecule has 0 bridgehead atoms. The molecule has 0 aliphatic heterocycles. The SMILES string of the molecule is NCC1(CC(=O)Cc2cccc(Br)c2)CCCCC1. The predicted molar refractivity (Wildman–Crippen MR) is 82.0 cm³/mol. The van der Waals surface area contributed by atoms with Crippen molar-refractivity contribution in [3.63, 3.8) is 0 Å². The Balaban J connectivity index is 1.96. The van der Waals surface area contributed by atoms with Crippen LogP contribution in [0.5, 0.6) is 0 Å². The molecular formula is C16H22BrNO. The summed E-state index contributed by atoms with van der Waals surface area (Å²) in [5.41, 5.74) is 7.11. The molecule has 1 aromatic rings. The second kappa shape index (κ2) is 6.67. The monoisotopic (exact) mass is 323 g/mol. The van der Waals surface area contributed by atoms with Crippen molar-refractivity contribution in [2.45, 2.75) is 44.9 Å². The molecule has 2 N–H and O–H groups in total. The van der Waals surface area contributed by atoms with Crippen LogP contribution in [0, 0.1) is 5.41 Å². The first kappa shape index (κ1) is 14.7. The summed E-state index contributed by atoms with van der Waals surface area (Å²) in [6, 6.07) is 8.00. The summed E-state index contributed by atoms with van der Waals surface area (Å²) in [6.07, 6.45) is 7.16. The number of halogens is 1. The summed E-state index contributed by atoms with van der Waals surface area (Å²) >= 11 is 3.44. The van der Waals surface area contributed by atoms with E-state index in [-0.39, 0.29) is 5.41 Å². The average Bonchev–Trinajstić information content (AvgIpc) is 2.39. The molecule has 0 spiro atoms. The Morgan fingerprint density at radius 3 is 2.63 bits per heavy atom. The van der Waals surface area contributed by atoms with Gasteiger partial charge in [0, 0.05) is 17.3 Å². The van der Waals surface area contributed by atoms with Crippen molar-refractivity contribution in [1.29, 1.82) is 0 Å². The summed E-state index contributed by atoms with van der Waals surface area (Å²) in [5.74, 6) is 0.324.